The molecule has 0 saturated carbocycles. The van der Waals surface area contributed by atoms with Crippen molar-refractivity contribution in [2.45, 2.75) is 13.3 Å². The Kier molecular flexibility index (Phi) is 2.97. The molecular weight excluding hydrogens is 178 g/mol. The molecule has 1 aromatic rings. The number of aromatic nitrogens is 2. The second-order valence-corrected chi connectivity index (χ2v) is 3.28. The van der Waals surface area contributed by atoms with Crippen molar-refractivity contribution in [1.82, 2.24) is 9.78 Å². The number of hydrogen-bond acceptors (Lipinski definition) is 4. The lowest BCUT2D eigenvalue weighted by Crippen LogP contribution is -2.21. The molecule has 1 heterocycles. The summed E-state index contributed by atoms with van der Waals surface area (Å²) in [6, 6.07) is 2.10. The van der Waals surface area contributed by atoms with Crippen LogP contribution in [0.15, 0.2) is 0 Å². The summed E-state index contributed by atoms with van der Waals surface area (Å²) in [5.41, 5.74) is 7.38. The van der Waals surface area contributed by atoms with Gasteiger partial charge in [-0.2, -0.15) is 10.4 Å². The van der Waals surface area contributed by atoms with Crippen molar-refractivity contribution in [3.63, 3.8) is 0 Å². The second-order valence-electron chi connectivity index (χ2n) is 3.28. The first-order valence-corrected chi connectivity index (χ1v) is 4.45. The van der Waals surface area contributed by atoms with Gasteiger partial charge in [-0.1, -0.05) is 0 Å². The van der Waals surface area contributed by atoms with Gasteiger partial charge in [0.05, 0.1) is 23.9 Å². The SMILES string of the molecule is Cc1nn(C)c(N(C)CCC#N)c1N. The van der Waals surface area contributed by atoms with Gasteiger partial charge in [0.25, 0.3) is 0 Å². The van der Waals surface area contributed by atoms with Crippen LogP contribution in [-0.4, -0.2) is 23.4 Å². The number of aryl methyl sites for hydroxylation is 2. The third kappa shape index (κ3) is 1.79. The van der Waals surface area contributed by atoms with Crippen LogP contribution in [0, 0.1) is 18.3 Å². The van der Waals surface area contributed by atoms with Crippen molar-refractivity contribution >= 4 is 11.5 Å². The summed E-state index contributed by atoms with van der Waals surface area (Å²) in [6.07, 6.45) is 0.486. The monoisotopic (exact) mass is 193 g/mol. The van der Waals surface area contributed by atoms with Gasteiger partial charge in [0.15, 0.2) is 0 Å². The first-order valence-electron chi connectivity index (χ1n) is 4.45. The molecule has 1 aromatic heterocycles. The number of nitriles is 1. The fourth-order valence-corrected chi connectivity index (χ4v) is 1.44. The Balaban J connectivity index is 2.89. The Morgan fingerprint density at radius 3 is 2.71 bits per heavy atom. The summed E-state index contributed by atoms with van der Waals surface area (Å²) < 4.78 is 1.74. The molecule has 1 rings (SSSR count). The average Bonchev–Trinajstić information content (AvgIpc) is 2.38. The maximum Gasteiger partial charge on any atom is 0.150 e. The lowest BCUT2D eigenvalue weighted by Gasteiger charge is -2.18. The summed E-state index contributed by atoms with van der Waals surface area (Å²) in [6.45, 7) is 2.54. The van der Waals surface area contributed by atoms with E-state index in [4.69, 9.17) is 11.0 Å². The zero-order valence-corrected chi connectivity index (χ0v) is 8.78. The first-order chi connectivity index (χ1) is 6.57. The molecule has 0 spiro atoms. The van der Waals surface area contributed by atoms with E-state index in [1.54, 1.807) is 4.68 Å². The molecule has 0 fully saturated rings. The molecular formula is C9H15N5. The highest BCUT2D eigenvalue weighted by Gasteiger charge is 2.13. The van der Waals surface area contributed by atoms with Gasteiger partial charge in [0.1, 0.15) is 5.82 Å². The minimum absolute atomic E-state index is 0.486. The van der Waals surface area contributed by atoms with E-state index in [-0.39, 0.29) is 0 Å². The number of rotatable bonds is 3. The van der Waals surface area contributed by atoms with Gasteiger partial charge in [0, 0.05) is 20.6 Å². The van der Waals surface area contributed by atoms with E-state index in [2.05, 4.69) is 11.2 Å². The highest BCUT2D eigenvalue weighted by Crippen LogP contribution is 2.24. The molecule has 76 valence electrons. The number of hydrogen-bond donors (Lipinski definition) is 1. The lowest BCUT2D eigenvalue weighted by atomic mass is 10.3. The molecule has 2 N–H and O–H groups in total. The summed E-state index contributed by atoms with van der Waals surface area (Å²) in [5.74, 6) is 0.873. The normalized spacial score (nSPS) is 9.86. The van der Waals surface area contributed by atoms with Gasteiger partial charge >= 0.3 is 0 Å². The molecule has 0 unspecified atom stereocenters. The molecule has 0 aliphatic heterocycles. The Bertz CT molecular complexity index is 360. The summed E-state index contributed by atoms with van der Waals surface area (Å²) >= 11 is 0. The molecule has 5 nitrogen and oxygen atoms in total. The van der Waals surface area contributed by atoms with E-state index >= 15 is 0 Å². The van der Waals surface area contributed by atoms with Crippen LogP contribution in [0.3, 0.4) is 0 Å². The molecule has 14 heavy (non-hydrogen) atoms. The average molecular weight is 193 g/mol. The molecule has 0 atom stereocenters. The zero-order chi connectivity index (χ0) is 10.7. The smallest absolute Gasteiger partial charge is 0.150 e. The summed E-state index contributed by atoms with van der Waals surface area (Å²) in [4.78, 5) is 1.94. The molecule has 0 amide bonds. The van der Waals surface area contributed by atoms with Crippen LogP contribution in [0.1, 0.15) is 12.1 Å². The highest BCUT2D eigenvalue weighted by molar-refractivity contribution is 5.65. The Hall–Kier alpha value is -1.70. The highest BCUT2D eigenvalue weighted by atomic mass is 15.4. The Morgan fingerprint density at radius 2 is 2.29 bits per heavy atom. The minimum atomic E-state index is 0.486. The second kappa shape index (κ2) is 4.01. The molecule has 0 aromatic carbocycles. The Morgan fingerprint density at radius 1 is 1.64 bits per heavy atom. The predicted molar refractivity (Wildman–Crippen MR) is 55.9 cm³/mol. The maximum atomic E-state index is 8.48. The van der Waals surface area contributed by atoms with E-state index in [0.29, 0.717) is 18.7 Å². The van der Waals surface area contributed by atoms with Crippen molar-refractivity contribution in [1.29, 1.82) is 5.26 Å². The number of nitrogen functional groups attached to an aromatic ring is 1. The molecule has 0 aliphatic carbocycles. The van der Waals surface area contributed by atoms with E-state index in [1.807, 2.05) is 25.9 Å². The van der Waals surface area contributed by atoms with E-state index in [9.17, 15) is 0 Å². The van der Waals surface area contributed by atoms with Gasteiger partial charge in [0.2, 0.25) is 0 Å². The lowest BCUT2D eigenvalue weighted by molar-refractivity contribution is 0.728. The van der Waals surface area contributed by atoms with Crippen molar-refractivity contribution in [2.75, 3.05) is 24.2 Å². The zero-order valence-electron chi connectivity index (χ0n) is 8.78. The van der Waals surface area contributed by atoms with Crippen LogP contribution in [0.25, 0.3) is 0 Å². The van der Waals surface area contributed by atoms with Crippen LogP contribution in [0.2, 0.25) is 0 Å². The number of nitrogens with zero attached hydrogens (tertiary/aromatic N) is 4. The standard InChI is InChI=1S/C9H15N5/c1-7-8(11)9(14(3)12-7)13(2)6-4-5-10/h4,6,11H2,1-3H3. The van der Waals surface area contributed by atoms with Crippen LogP contribution in [0.4, 0.5) is 11.5 Å². The predicted octanol–water partition coefficient (Wildman–Crippen LogP) is 0.661. The van der Waals surface area contributed by atoms with Gasteiger partial charge in [-0.25, -0.2) is 0 Å². The topological polar surface area (TPSA) is 70.9 Å². The van der Waals surface area contributed by atoms with Gasteiger partial charge in [-0.3, -0.25) is 4.68 Å². The fourth-order valence-electron chi connectivity index (χ4n) is 1.44. The van der Waals surface area contributed by atoms with Crippen LogP contribution < -0.4 is 10.6 Å². The molecule has 5 heteroatoms. The van der Waals surface area contributed by atoms with Gasteiger partial charge < -0.3 is 10.6 Å². The largest absolute Gasteiger partial charge is 0.394 e. The van der Waals surface area contributed by atoms with Gasteiger partial charge in [-0.05, 0) is 6.92 Å². The Labute approximate surface area is 83.7 Å². The molecule has 0 bridgehead atoms. The summed E-state index contributed by atoms with van der Waals surface area (Å²) in [5, 5.41) is 12.7. The van der Waals surface area contributed by atoms with Crippen LogP contribution in [-0.2, 0) is 7.05 Å². The third-order valence-corrected chi connectivity index (χ3v) is 2.16. The third-order valence-electron chi connectivity index (χ3n) is 2.16. The van der Waals surface area contributed by atoms with E-state index in [0.717, 1.165) is 11.5 Å². The molecule has 0 saturated heterocycles. The quantitative estimate of drug-likeness (QED) is 0.765. The molecule has 0 aliphatic rings. The van der Waals surface area contributed by atoms with Crippen LogP contribution >= 0.6 is 0 Å². The van der Waals surface area contributed by atoms with E-state index < -0.39 is 0 Å². The van der Waals surface area contributed by atoms with Crippen LogP contribution in [0.5, 0.6) is 0 Å². The molecule has 0 radical (unpaired) electrons. The summed E-state index contributed by atoms with van der Waals surface area (Å²) in [7, 11) is 3.76. The van der Waals surface area contributed by atoms with Crippen molar-refractivity contribution < 1.29 is 0 Å². The minimum Gasteiger partial charge on any atom is -0.394 e. The van der Waals surface area contributed by atoms with Crippen molar-refractivity contribution in [2.24, 2.45) is 7.05 Å². The fraction of sp³-hybridized carbons (Fsp3) is 0.556. The van der Waals surface area contributed by atoms with E-state index in [1.165, 1.54) is 0 Å². The number of nitrogens with two attached hydrogens (primary N) is 1. The van der Waals surface area contributed by atoms with Crippen molar-refractivity contribution in [3.8, 4) is 6.07 Å². The van der Waals surface area contributed by atoms with Crippen molar-refractivity contribution in [3.05, 3.63) is 5.69 Å². The maximum absolute atomic E-state index is 8.48. The number of anilines is 2. The first kappa shape index (κ1) is 10.4. The van der Waals surface area contributed by atoms with Gasteiger partial charge in [-0.15, -0.1) is 0 Å².